The van der Waals surface area contributed by atoms with Crippen molar-refractivity contribution in [2.45, 2.75) is 32.3 Å². The summed E-state index contributed by atoms with van der Waals surface area (Å²) in [4.78, 5) is 12.5. The minimum Gasteiger partial charge on any atom is -0.406 e. The lowest BCUT2D eigenvalue weighted by Crippen LogP contribution is -2.24. The molecule has 0 saturated carbocycles. The van der Waals surface area contributed by atoms with Crippen LogP contribution in [0.25, 0.3) is 21.8 Å². The number of aryl methyl sites for hydroxylation is 2. The SMILES string of the molecule is O=c1c2ccc(OC(F)(F)F)cc2nnn1CCCCn1ccc2cc(Cl)ccc21. The van der Waals surface area contributed by atoms with Gasteiger partial charge in [0.2, 0.25) is 0 Å². The molecule has 0 bridgehead atoms. The summed E-state index contributed by atoms with van der Waals surface area (Å²) in [6.45, 7) is 1.12. The predicted molar refractivity (Wildman–Crippen MR) is 107 cm³/mol. The Balaban J connectivity index is 1.41. The van der Waals surface area contributed by atoms with Gasteiger partial charge in [0.25, 0.3) is 5.56 Å². The summed E-state index contributed by atoms with van der Waals surface area (Å²) in [6.07, 6.45) is -1.34. The Hall–Kier alpha value is -3.07. The van der Waals surface area contributed by atoms with Crippen molar-refractivity contribution < 1.29 is 17.9 Å². The molecule has 2 aromatic carbocycles. The number of fused-ring (bicyclic) bond motifs is 2. The van der Waals surface area contributed by atoms with Gasteiger partial charge in [0.05, 0.1) is 5.39 Å². The summed E-state index contributed by atoms with van der Waals surface area (Å²) in [5.41, 5.74) is 0.731. The van der Waals surface area contributed by atoms with Crippen LogP contribution in [0.3, 0.4) is 0 Å². The van der Waals surface area contributed by atoms with E-state index in [0.29, 0.717) is 18.0 Å². The van der Waals surface area contributed by atoms with Gasteiger partial charge in [-0.05, 0) is 49.2 Å². The van der Waals surface area contributed by atoms with Crippen LogP contribution in [0.1, 0.15) is 12.8 Å². The maximum atomic E-state index is 12.5. The van der Waals surface area contributed by atoms with Crippen molar-refractivity contribution in [3.63, 3.8) is 0 Å². The van der Waals surface area contributed by atoms with Crippen LogP contribution in [0.4, 0.5) is 13.2 Å². The summed E-state index contributed by atoms with van der Waals surface area (Å²) in [7, 11) is 0. The van der Waals surface area contributed by atoms with Gasteiger partial charge in [-0.3, -0.25) is 4.79 Å². The molecule has 0 saturated heterocycles. The molecule has 0 aliphatic rings. The number of hydrogen-bond donors (Lipinski definition) is 0. The van der Waals surface area contributed by atoms with Crippen molar-refractivity contribution in [3.05, 3.63) is 64.0 Å². The Labute approximate surface area is 173 Å². The van der Waals surface area contributed by atoms with Crippen molar-refractivity contribution >= 4 is 33.4 Å². The summed E-state index contributed by atoms with van der Waals surface area (Å²) in [5.74, 6) is -0.443. The second-order valence-corrected chi connectivity index (χ2v) is 7.20. The van der Waals surface area contributed by atoms with E-state index in [9.17, 15) is 18.0 Å². The number of aromatic nitrogens is 4. The molecular weight excluding hydrogens is 421 g/mol. The molecule has 0 fully saturated rings. The van der Waals surface area contributed by atoms with E-state index >= 15 is 0 Å². The molecule has 10 heteroatoms. The molecule has 0 unspecified atom stereocenters. The van der Waals surface area contributed by atoms with Gasteiger partial charge < -0.3 is 9.30 Å². The second-order valence-electron chi connectivity index (χ2n) is 6.76. The highest BCUT2D eigenvalue weighted by Gasteiger charge is 2.31. The van der Waals surface area contributed by atoms with Crippen LogP contribution in [0.15, 0.2) is 53.5 Å². The number of alkyl halides is 3. The molecule has 6 nitrogen and oxygen atoms in total. The minimum absolute atomic E-state index is 0.0514. The average molecular weight is 437 g/mol. The van der Waals surface area contributed by atoms with Crippen LogP contribution in [0, 0.1) is 0 Å². The normalized spacial score (nSPS) is 12.0. The molecule has 0 N–H and O–H groups in total. The van der Waals surface area contributed by atoms with Crippen LogP contribution >= 0.6 is 11.6 Å². The summed E-state index contributed by atoms with van der Waals surface area (Å²) < 4.78 is 44.2. The molecule has 2 aromatic heterocycles. The van der Waals surface area contributed by atoms with Crippen LogP contribution in [0.5, 0.6) is 5.75 Å². The number of unbranched alkanes of at least 4 members (excludes halogenated alkanes) is 1. The summed E-state index contributed by atoms with van der Waals surface area (Å²) >= 11 is 6.00. The van der Waals surface area contributed by atoms with E-state index < -0.39 is 17.7 Å². The third-order valence-electron chi connectivity index (χ3n) is 4.68. The smallest absolute Gasteiger partial charge is 0.406 e. The van der Waals surface area contributed by atoms with Gasteiger partial charge in [0.15, 0.2) is 0 Å². The van der Waals surface area contributed by atoms with Crippen molar-refractivity contribution in [2.24, 2.45) is 0 Å². The van der Waals surface area contributed by atoms with E-state index in [2.05, 4.69) is 19.6 Å². The van der Waals surface area contributed by atoms with E-state index in [4.69, 9.17) is 11.6 Å². The number of hydrogen-bond acceptors (Lipinski definition) is 4. The maximum absolute atomic E-state index is 12.5. The fourth-order valence-electron chi connectivity index (χ4n) is 3.31. The number of rotatable bonds is 6. The zero-order valence-electron chi connectivity index (χ0n) is 15.6. The largest absolute Gasteiger partial charge is 0.573 e. The molecule has 156 valence electrons. The van der Waals surface area contributed by atoms with E-state index in [-0.39, 0.29) is 10.9 Å². The quantitative estimate of drug-likeness (QED) is 0.408. The topological polar surface area (TPSA) is 61.9 Å². The van der Waals surface area contributed by atoms with Gasteiger partial charge in [0, 0.05) is 41.3 Å². The van der Waals surface area contributed by atoms with Crippen LogP contribution in [0.2, 0.25) is 5.02 Å². The van der Waals surface area contributed by atoms with E-state index in [1.807, 2.05) is 30.5 Å². The van der Waals surface area contributed by atoms with Gasteiger partial charge in [-0.15, -0.1) is 18.3 Å². The monoisotopic (exact) mass is 436 g/mol. The fraction of sp³-hybridized carbons (Fsp3) is 0.250. The Kier molecular flexibility index (Phi) is 5.38. The fourth-order valence-corrected chi connectivity index (χ4v) is 3.49. The van der Waals surface area contributed by atoms with Gasteiger partial charge in [-0.2, -0.15) is 0 Å². The Morgan fingerprint density at radius 1 is 1.03 bits per heavy atom. The summed E-state index contributed by atoms with van der Waals surface area (Å²) in [5, 5.41) is 9.63. The molecule has 0 spiro atoms. The lowest BCUT2D eigenvalue weighted by Gasteiger charge is -2.10. The van der Waals surface area contributed by atoms with Gasteiger partial charge in [-0.25, -0.2) is 4.68 Å². The van der Waals surface area contributed by atoms with E-state index in [0.717, 1.165) is 36.0 Å². The van der Waals surface area contributed by atoms with Gasteiger partial charge >= 0.3 is 6.36 Å². The Morgan fingerprint density at radius 2 is 1.83 bits per heavy atom. The maximum Gasteiger partial charge on any atom is 0.573 e. The predicted octanol–water partition coefficient (Wildman–Crippen LogP) is 4.78. The molecule has 30 heavy (non-hydrogen) atoms. The van der Waals surface area contributed by atoms with Crippen LogP contribution in [-0.2, 0) is 13.1 Å². The first kappa shape index (κ1) is 20.2. The first-order valence-electron chi connectivity index (χ1n) is 9.18. The average Bonchev–Trinajstić information content (AvgIpc) is 3.07. The van der Waals surface area contributed by atoms with Crippen LogP contribution < -0.4 is 10.3 Å². The lowest BCUT2D eigenvalue weighted by molar-refractivity contribution is -0.274. The molecule has 0 radical (unpaired) electrons. The molecule has 4 aromatic rings. The molecule has 0 amide bonds. The Morgan fingerprint density at radius 3 is 2.63 bits per heavy atom. The highest BCUT2D eigenvalue weighted by Crippen LogP contribution is 2.24. The first-order chi connectivity index (χ1) is 14.3. The highest BCUT2D eigenvalue weighted by molar-refractivity contribution is 6.31. The standard InChI is InChI=1S/C20H16ClF3N4O2/c21-14-3-6-18-13(11-14)7-10-27(18)8-1-2-9-28-19(29)16-5-4-15(30-20(22,23)24)12-17(16)25-26-28/h3-7,10-12H,1-2,8-9H2. The zero-order valence-corrected chi connectivity index (χ0v) is 16.3. The van der Waals surface area contributed by atoms with Crippen LogP contribution in [-0.4, -0.2) is 25.9 Å². The minimum atomic E-state index is -4.81. The van der Waals surface area contributed by atoms with Gasteiger partial charge in [-0.1, -0.05) is 16.8 Å². The third-order valence-corrected chi connectivity index (χ3v) is 4.92. The Bertz CT molecular complexity index is 1270. The molecule has 0 atom stereocenters. The van der Waals surface area contributed by atoms with Gasteiger partial charge in [0.1, 0.15) is 11.3 Å². The molecule has 0 aliphatic heterocycles. The highest BCUT2D eigenvalue weighted by atomic mass is 35.5. The molecule has 2 heterocycles. The van der Waals surface area contributed by atoms with E-state index in [1.54, 1.807) is 0 Å². The molecule has 4 rings (SSSR count). The molecule has 0 aliphatic carbocycles. The number of ether oxygens (including phenoxy) is 1. The van der Waals surface area contributed by atoms with Crippen molar-refractivity contribution in [1.82, 2.24) is 19.6 Å². The lowest BCUT2D eigenvalue weighted by atomic mass is 10.2. The number of halogens is 4. The van der Waals surface area contributed by atoms with Crippen molar-refractivity contribution in [2.75, 3.05) is 0 Å². The third kappa shape index (κ3) is 4.40. The zero-order chi connectivity index (χ0) is 21.3. The van der Waals surface area contributed by atoms with Crippen molar-refractivity contribution in [3.8, 4) is 5.75 Å². The number of nitrogens with zero attached hydrogens (tertiary/aromatic N) is 4. The van der Waals surface area contributed by atoms with E-state index in [1.165, 1.54) is 10.7 Å². The van der Waals surface area contributed by atoms with Crippen molar-refractivity contribution in [1.29, 1.82) is 0 Å². The summed E-state index contributed by atoms with van der Waals surface area (Å²) in [6, 6.07) is 11.1. The second kappa shape index (κ2) is 7.98. The first-order valence-corrected chi connectivity index (χ1v) is 9.56. The number of benzene rings is 2. The molecular formula is C20H16ClF3N4O2.